The number of rotatable bonds is 2. The quantitative estimate of drug-likeness (QED) is 0.432. The van der Waals surface area contributed by atoms with Gasteiger partial charge in [-0.25, -0.2) is 9.78 Å². The summed E-state index contributed by atoms with van der Waals surface area (Å²) in [6.45, 7) is 2.13. The fourth-order valence-electron chi connectivity index (χ4n) is 4.16. The largest absolute Gasteiger partial charge is 0.483 e. The van der Waals surface area contributed by atoms with Gasteiger partial charge in [0.05, 0.1) is 30.2 Å². The molecule has 4 rings (SSSR count). The zero-order valence-electron chi connectivity index (χ0n) is 14.9. The van der Waals surface area contributed by atoms with E-state index in [4.69, 9.17) is 32.7 Å². The first kappa shape index (κ1) is 18.3. The molecule has 2 aliphatic heterocycles. The van der Waals surface area contributed by atoms with Crippen molar-refractivity contribution in [2.75, 3.05) is 13.7 Å². The smallest absolute Gasteiger partial charge is 0.328 e. The number of carbonyl (C=O) groups excluding carboxylic acids is 2. The number of likely N-dealkylation sites (tertiary alicyclic amines) is 1. The Labute approximate surface area is 166 Å². The number of aromatic nitrogens is 1. The van der Waals surface area contributed by atoms with Crippen LogP contribution in [0, 0.1) is 6.92 Å². The van der Waals surface area contributed by atoms with E-state index < -0.39 is 17.6 Å². The van der Waals surface area contributed by atoms with Gasteiger partial charge in [0.25, 0.3) is 0 Å². The minimum Gasteiger partial charge on any atom is -0.483 e. The molecule has 2 aliphatic rings. The molecule has 1 aromatic carbocycles. The van der Waals surface area contributed by atoms with Crippen molar-refractivity contribution < 1.29 is 19.1 Å². The van der Waals surface area contributed by atoms with Crippen LogP contribution in [-0.4, -0.2) is 47.6 Å². The number of alkyl halides is 1. The minimum atomic E-state index is -0.752. The summed E-state index contributed by atoms with van der Waals surface area (Å²) in [4.78, 5) is 29.6. The summed E-state index contributed by atoms with van der Waals surface area (Å²) in [6, 6.07) is 4.80. The topological polar surface area (TPSA) is 68.7 Å². The molecule has 6 nitrogen and oxygen atoms in total. The number of nitrogens with zero attached hydrogens (tertiary/aromatic N) is 2. The lowest BCUT2D eigenvalue weighted by atomic mass is 9.87. The van der Waals surface area contributed by atoms with Gasteiger partial charge in [-0.3, -0.25) is 4.79 Å². The molecule has 1 saturated heterocycles. The average Bonchev–Trinajstić information content (AvgIpc) is 2.99. The maximum atomic E-state index is 12.1. The van der Waals surface area contributed by atoms with Crippen molar-refractivity contribution in [1.82, 2.24) is 9.88 Å². The Morgan fingerprint density at radius 3 is 2.93 bits per heavy atom. The van der Waals surface area contributed by atoms with E-state index in [0.717, 1.165) is 16.5 Å². The lowest BCUT2D eigenvalue weighted by molar-refractivity contribution is -0.148. The third-order valence-corrected chi connectivity index (χ3v) is 5.95. The first-order valence-electron chi connectivity index (χ1n) is 8.59. The van der Waals surface area contributed by atoms with E-state index in [0.29, 0.717) is 35.7 Å². The van der Waals surface area contributed by atoms with Crippen LogP contribution in [0.15, 0.2) is 18.2 Å². The van der Waals surface area contributed by atoms with Crippen LogP contribution in [0.2, 0.25) is 5.02 Å². The van der Waals surface area contributed by atoms with Crippen molar-refractivity contribution in [3.8, 4) is 5.75 Å². The second-order valence-corrected chi connectivity index (χ2v) is 8.04. The number of ether oxygens (including phenoxy) is 2. The van der Waals surface area contributed by atoms with Crippen LogP contribution in [0.5, 0.6) is 5.75 Å². The highest BCUT2D eigenvalue weighted by molar-refractivity contribution is 6.31. The second-order valence-electron chi connectivity index (χ2n) is 7.08. The number of pyridine rings is 1. The molecule has 27 heavy (non-hydrogen) atoms. The number of aryl methyl sites for hydroxylation is 1. The van der Waals surface area contributed by atoms with Gasteiger partial charge in [0.15, 0.2) is 0 Å². The number of benzene rings is 1. The van der Waals surface area contributed by atoms with Gasteiger partial charge in [-0.15, -0.1) is 11.6 Å². The van der Waals surface area contributed by atoms with Crippen LogP contribution in [-0.2, 0) is 14.3 Å². The highest BCUT2D eigenvalue weighted by atomic mass is 35.5. The van der Waals surface area contributed by atoms with Crippen LogP contribution in [0.1, 0.15) is 29.5 Å². The molecule has 142 valence electrons. The van der Waals surface area contributed by atoms with Crippen molar-refractivity contribution in [3.05, 3.63) is 34.5 Å². The normalized spacial score (nSPS) is 26.7. The van der Waals surface area contributed by atoms with Crippen molar-refractivity contribution in [3.63, 3.8) is 0 Å². The molecule has 0 N–H and O–H groups in total. The number of amides is 1. The van der Waals surface area contributed by atoms with Crippen LogP contribution in [0.3, 0.4) is 0 Å². The molecule has 0 radical (unpaired) electrons. The number of methoxy groups -OCH3 is 1. The van der Waals surface area contributed by atoms with Crippen LogP contribution in [0.4, 0.5) is 0 Å². The number of hydrogen-bond acceptors (Lipinski definition) is 5. The van der Waals surface area contributed by atoms with Gasteiger partial charge in [0, 0.05) is 28.8 Å². The van der Waals surface area contributed by atoms with Gasteiger partial charge < -0.3 is 14.4 Å². The monoisotopic (exact) mass is 408 g/mol. The fraction of sp³-hybridized carbons (Fsp3) is 0.421. The molecular weight excluding hydrogens is 391 g/mol. The highest BCUT2D eigenvalue weighted by Crippen LogP contribution is 2.51. The molecule has 0 aliphatic carbocycles. The molecule has 1 amide bonds. The van der Waals surface area contributed by atoms with Crippen LogP contribution >= 0.6 is 23.2 Å². The van der Waals surface area contributed by atoms with Gasteiger partial charge in [-0.1, -0.05) is 11.6 Å². The SMILES string of the molecule is COC(=O)C1CC2(CC(Cl)c3c(c(C)nc4ccc(Cl)cc34)O2)CN1C=O. The molecule has 3 unspecified atom stereocenters. The molecule has 3 atom stereocenters. The Morgan fingerprint density at radius 2 is 2.22 bits per heavy atom. The number of carbonyl (C=O) groups is 2. The van der Waals surface area contributed by atoms with E-state index in [1.807, 2.05) is 19.1 Å². The highest BCUT2D eigenvalue weighted by Gasteiger charge is 2.52. The molecular formula is C19H18Cl2N2O4. The molecule has 8 heteroatoms. The van der Waals surface area contributed by atoms with Crippen molar-refractivity contribution in [2.45, 2.75) is 36.8 Å². The Balaban J connectivity index is 1.80. The van der Waals surface area contributed by atoms with E-state index in [1.165, 1.54) is 12.0 Å². The van der Waals surface area contributed by atoms with E-state index >= 15 is 0 Å². The van der Waals surface area contributed by atoms with Crippen molar-refractivity contribution >= 4 is 46.5 Å². The predicted octanol–water partition coefficient (Wildman–Crippen LogP) is 3.40. The van der Waals surface area contributed by atoms with Gasteiger partial charge in [-0.2, -0.15) is 0 Å². The van der Waals surface area contributed by atoms with E-state index in [2.05, 4.69) is 4.98 Å². The maximum Gasteiger partial charge on any atom is 0.328 e. The molecule has 2 aromatic rings. The molecule has 3 heterocycles. The first-order chi connectivity index (χ1) is 12.9. The third-order valence-electron chi connectivity index (χ3n) is 5.34. The average molecular weight is 409 g/mol. The van der Waals surface area contributed by atoms with E-state index in [9.17, 15) is 9.59 Å². The summed E-state index contributed by atoms with van der Waals surface area (Å²) in [5, 5.41) is 1.09. The summed E-state index contributed by atoms with van der Waals surface area (Å²) in [7, 11) is 1.31. The zero-order chi connectivity index (χ0) is 19.3. The van der Waals surface area contributed by atoms with Crippen LogP contribution < -0.4 is 4.74 Å². The Hall–Kier alpha value is -2.05. The fourth-order valence-corrected chi connectivity index (χ4v) is 4.83. The van der Waals surface area contributed by atoms with Crippen molar-refractivity contribution in [2.24, 2.45) is 0 Å². The second kappa shape index (κ2) is 6.53. The van der Waals surface area contributed by atoms with Gasteiger partial charge in [-0.05, 0) is 25.1 Å². The third kappa shape index (κ3) is 2.91. The molecule has 1 aromatic heterocycles. The summed E-state index contributed by atoms with van der Waals surface area (Å²) >= 11 is 13.0. The summed E-state index contributed by atoms with van der Waals surface area (Å²) in [5.74, 6) is 0.145. The summed E-state index contributed by atoms with van der Waals surface area (Å²) in [6.07, 6.45) is 1.45. The first-order valence-corrected chi connectivity index (χ1v) is 9.40. The summed E-state index contributed by atoms with van der Waals surface area (Å²) < 4.78 is 11.2. The van der Waals surface area contributed by atoms with E-state index in [-0.39, 0.29) is 11.9 Å². The number of fused-ring (bicyclic) bond motifs is 3. The summed E-state index contributed by atoms with van der Waals surface area (Å²) in [5.41, 5.74) is 1.61. The van der Waals surface area contributed by atoms with E-state index in [1.54, 1.807) is 6.07 Å². The lowest BCUT2D eigenvalue weighted by Gasteiger charge is -2.38. The number of esters is 1. The Bertz CT molecular complexity index is 951. The number of halogens is 2. The van der Waals surface area contributed by atoms with Gasteiger partial charge >= 0.3 is 5.97 Å². The van der Waals surface area contributed by atoms with Gasteiger partial charge in [0.1, 0.15) is 17.4 Å². The Morgan fingerprint density at radius 1 is 1.44 bits per heavy atom. The Kier molecular flexibility index (Phi) is 4.43. The molecule has 0 saturated carbocycles. The predicted molar refractivity (Wildman–Crippen MR) is 101 cm³/mol. The molecule has 1 spiro atoms. The van der Waals surface area contributed by atoms with Gasteiger partial charge in [0.2, 0.25) is 6.41 Å². The molecule has 0 bridgehead atoms. The van der Waals surface area contributed by atoms with Crippen LogP contribution in [0.25, 0.3) is 10.9 Å². The maximum absolute atomic E-state index is 12.1. The molecule has 1 fully saturated rings. The number of hydrogen-bond donors (Lipinski definition) is 0. The van der Waals surface area contributed by atoms with Crippen molar-refractivity contribution in [1.29, 1.82) is 0 Å². The minimum absolute atomic E-state index is 0.270. The standard InChI is InChI=1S/C19H18Cl2N2O4/c1-10-17-16(12-5-11(20)3-4-14(12)22-10)13(21)6-19(27-17)7-15(18(25)26-2)23(8-19)9-24/h3-5,9,13,15H,6-8H2,1-2H3. The lowest BCUT2D eigenvalue weighted by Crippen LogP contribution is -2.43. The zero-order valence-corrected chi connectivity index (χ0v) is 16.4.